The number of rotatable bonds is 5. The van der Waals surface area contributed by atoms with Gasteiger partial charge in [-0.3, -0.25) is 4.72 Å². The van der Waals surface area contributed by atoms with Gasteiger partial charge in [0.2, 0.25) is 10.0 Å². The van der Waals surface area contributed by atoms with Crippen LogP contribution in [0.4, 0.5) is 11.5 Å². The second kappa shape index (κ2) is 7.60. The molecule has 3 aromatic rings. The summed E-state index contributed by atoms with van der Waals surface area (Å²) in [5.41, 5.74) is 2.86. The molecule has 3 aromatic heterocycles. The number of H-pyrrole nitrogens is 1. The van der Waals surface area contributed by atoms with Gasteiger partial charge < -0.3 is 10.3 Å². The Balaban J connectivity index is 1.69. The number of nitrogens with zero attached hydrogens (tertiary/aromatic N) is 2. The highest BCUT2D eigenvalue weighted by Crippen LogP contribution is 2.32. The number of hydrogen-bond donors (Lipinski definition) is 3. The fourth-order valence-corrected chi connectivity index (χ4v) is 4.44. The number of anilines is 2. The lowest BCUT2D eigenvalue weighted by Gasteiger charge is -2.23. The van der Waals surface area contributed by atoms with Gasteiger partial charge in [-0.1, -0.05) is 30.9 Å². The van der Waals surface area contributed by atoms with Gasteiger partial charge in [0.05, 0.1) is 18.1 Å². The number of fused-ring (bicyclic) bond motifs is 1. The quantitative estimate of drug-likeness (QED) is 0.532. The molecule has 3 N–H and O–H groups in total. The van der Waals surface area contributed by atoms with Crippen molar-refractivity contribution in [2.45, 2.75) is 38.1 Å². The Morgan fingerprint density at radius 3 is 2.71 bits per heavy atom. The van der Waals surface area contributed by atoms with Crippen LogP contribution in [0.25, 0.3) is 22.2 Å². The fourth-order valence-electron chi connectivity index (χ4n) is 3.69. The summed E-state index contributed by atoms with van der Waals surface area (Å²) in [5, 5.41) is 4.71. The van der Waals surface area contributed by atoms with E-state index in [9.17, 15) is 8.42 Å². The summed E-state index contributed by atoms with van der Waals surface area (Å²) in [6, 6.07) is 5.95. The van der Waals surface area contributed by atoms with Gasteiger partial charge in [-0.15, -0.1) is 0 Å². The SMILES string of the molecule is CS(=O)(=O)Nc1cnc2[nH]cc(-c3cc(Cl)nc(NC4CCCCC4)c3)c2c1. The van der Waals surface area contributed by atoms with E-state index in [2.05, 4.69) is 25.0 Å². The van der Waals surface area contributed by atoms with Gasteiger partial charge in [-0.2, -0.15) is 0 Å². The van der Waals surface area contributed by atoms with Gasteiger partial charge in [0, 0.05) is 23.2 Å². The fraction of sp³-hybridized carbons (Fsp3) is 0.368. The van der Waals surface area contributed by atoms with Gasteiger partial charge in [0.15, 0.2) is 0 Å². The first kappa shape index (κ1) is 19.0. The van der Waals surface area contributed by atoms with Gasteiger partial charge in [-0.05, 0) is 36.6 Å². The lowest BCUT2D eigenvalue weighted by atomic mass is 9.95. The zero-order valence-electron chi connectivity index (χ0n) is 15.5. The monoisotopic (exact) mass is 419 g/mol. The van der Waals surface area contributed by atoms with E-state index >= 15 is 0 Å². The molecule has 0 saturated heterocycles. The van der Waals surface area contributed by atoms with Crippen LogP contribution in [0.2, 0.25) is 5.15 Å². The van der Waals surface area contributed by atoms with Crippen LogP contribution < -0.4 is 10.0 Å². The van der Waals surface area contributed by atoms with Crippen LogP contribution in [-0.4, -0.2) is 35.7 Å². The Hall–Kier alpha value is -2.32. The van der Waals surface area contributed by atoms with Crippen LogP contribution >= 0.6 is 11.6 Å². The zero-order valence-corrected chi connectivity index (χ0v) is 17.1. The average Bonchev–Trinajstić information content (AvgIpc) is 3.04. The normalized spacial score (nSPS) is 15.6. The molecule has 0 bridgehead atoms. The minimum absolute atomic E-state index is 0.406. The molecule has 1 fully saturated rings. The molecule has 1 saturated carbocycles. The summed E-state index contributed by atoms with van der Waals surface area (Å²) in [6.07, 6.45) is 10.5. The van der Waals surface area contributed by atoms with Crippen molar-refractivity contribution in [1.29, 1.82) is 0 Å². The molecule has 0 atom stereocenters. The molecule has 0 amide bonds. The molecule has 0 aromatic carbocycles. The highest BCUT2D eigenvalue weighted by atomic mass is 35.5. The highest BCUT2D eigenvalue weighted by molar-refractivity contribution is 7.92. The molecule has 0 radical (unpaired) electrons. The first-order valence-electron chi connectivity index (χ1n) is 9.27. The molecule has 9 heteroatoms. The van der Waals surface area contributed by atoms with Gasteiger partial charge in [0.25, 0.3) is 0 Å². The van der Waals surface area contributed by atoms with Gasteiger partial charge in [-0.25, -0.2) is 18.4 Å². The Morgan fingerprint density at radius 2 is 1.96 bits per heavy atom. The van der Waals surface area contributed by atoms with Crippen molar-refractivity contribution < 1.29 is 8.42 Å². The van der Waals surface area contributed by atoms with E-state index < -0.39 is 10.0 Å². The molecule has 1 aliphatic carbocycles. The van der Waals surface area contributed by atoms with E-state index in [0.717, 1.165) is 41.4 Å². The number of sulfonamides is 1. The predicted molar refractivity (Wildman–Crippen MR) is 113 cm³/mol. The largest absolute Gasteiger partial charge is 0.367 e. The van der Waals surface area contributed by atoms with Crippen molar-refractivity contribution in [2.24, 2.45) is 0 Å². The van der Waals surface area contributed by atoms with Crippen molar-refractivity contribution >= 4 is 44.2 Å². The van der Waals surface area contributed by atoms with E-state index in [-0.39, 0.29) is 0 Å². The lowest BCUT2D eigenvalue weighted by molar-refractivity contribution is 0.462. The van der Waals surface area contributed by atoms with Crippen molar-refractivity contribution in [1.82, 2.24) is 15.0 Å². The zero-order chi connectivity index (χ0) is 19.7. The van der Waals surface area contributed by atoms with Crippen molar-refractivity contribution in [3.05, 3.63) is 35.7 Å². The molecule has 4 rings (SSSR count). The molecule has 3 heterocycles. The Labute approximate surface area is 169 Å². The third-order valence-electron chi connectivity index (χ3n) is 4.90. The summed E-state index contributed by atoms with van der Waals surface area (Å²) in [4.78, 5) is 11.8. The van der Waals surface area contributed by atoms with E-state index in [1.54, 1.807) is 12.1 Å². The molecular formula is C19H22ClN5O2S. The van der Waals surface area contributed by atoms with Crippen LogP contribution in [0.1, 0.15) is 32.1 Å². The number of aromatic amines is 1. The maximum absolute atomic E-state index is 11.5. The second-order valence-electron chi connectivity index (χ2n) is 7.24. The maximum Gasteiger partial charge on any atom is 0.229 e. The summed E-state index contributed by atoms with van der Waals surface area (Å²) in [5.74, 6) is 0.752. The standard InChI is InChI=1S/C19H22ClN5O2S/c1-28(26,27)25-14-9-15-16(11-22-19(15)21-10-14)12-7-17(20)24-18(8-12)23-13-5-3-2-4-6-13/h7-11,13,25H,2-6H2,1H3,(H,21,22)(H,23,24). The average molecular weight is 420 g/mol. The number of aromatic nitrogens is 3. The van der Waals surface area contributed by atoms with E-state index in [4.69, 9.17) is 11.6 Å². The van der Waals surface area contributed by atoms with Crippen molar-refractivity contribution in [2.75, 3.05) is 16.3 Å². The first-order valence-corrected chi connectivity index (χ1v) is 11.5. The third-order valence-corrected chi connectivity index (χ3v) is 5.70. The van der Waals surface area contributed by atoms with Crippen LogP contribution in [0.15, 0.2) is 30.6 Å². The summed E-state index contributed by atoms with van der Waals surface area (Å²) >= 11 is 6.29. The van der Waals surface area contributed by atoms with Gasteiger partial charge in [0.1, 0.15) is 16.6 Å². The van der Waals surface area contributed by atoms with Gasteiger partial charge >= 0.3 is 0 Å². The second-order valence-corrected chi connectivity index (χ2v) is 9.38. The number of halogens is 1. The Bertz CT molecular complexity index is 1110. The number of pyridine rings is 2. The molecule has 1 aliphatic rings. The Morgan fingerprint density at radius 1 is 1.18 bits per heavy atom. The maximum atomic E-state index is 11.5. The van der Waals surface area contributed by atoms with E-state index in [1.807, 2.05) is 12.3 Å². The summed E-state index contributed by atoms with van der Waals surface area (Å²) in [7, 11) is -3.38. The van der Waals surface area contributed by atoms with Crippen LogP contribution in [0.3, 0.4) is 0 Å². The molecule has 0 unspecified atom stereocenters. The lowest BCUT2D eigenvalue weighted by Crippen LogP contribution is -2.22. The topological polar surface area (TPSA) is 99.8 Å². The van der Waals surface area contributed by atoms with Crippen molar-refractivity contribution in [3.63, 3.8) is 0 Å². The third kappa shape index (κ3) is 4.39. The summed E-state index contributed by atoms with van der Waals surface area (Å²) < 4.78 is 25.5. The summed E-state index contributed by atoms with van der Waals surface area (Å²) in [6.45, 7) is 0. The minimum Gasteiger partial charge on any atom is -0.367 e. The predicted octanol–water partition coefficient (Wildman–Crippen LogP) is 4.39. The molecule has 28 heavy (non-hydrogen) atoms. The van der Waals surface area contributed by atoms with Crippen LogP contribution in [-0.2, 0) is 10.0 Å². The van der Waals surface area contributed by atoms with Crippen LogP contribution in [0.5, 0.6) is 0 Å². The number of nitrogens with one attached hydrogen (secondary N) is 3. The van der Waals surface area contributed by atoms with Crippen LogP contribution in [0, 0.1) is 0 Å². The minimum atomic E-state index is -3.38. The molecule has 0 spiro atoms. The molecule has 7 nitrogen and oxygen atoms in total. The first-order chi connectivity index (χ1) is 13.4. The smallest absolute Gasteiger partial charge is 0.229 e. The molecule has 0 aliphatic heterocycles. The number of hydrogen-bond acceptors (Lipinski definition) is 5. The highest BCUT2D eigenvalue weighted by Gasteiger charge is 2.16. The Kier molecular flexibility index (Phi) is 5.16. The van der Waals surface area contributed by atoms with E-state index in [0.29, 0.717) is 22.5 Å². The molecular weight excluding hydrogens is 398 g/mol. The van der Waals surface area contributed by atoms with Crippen molar-refractivity contribution in [3.8, 4) is 11.1 Å². The van der Waals surface area contributed by atoms with E-state index in [1.165, 1.54) is 25.5 Å². The molecule has 148 valence electrons.